The van der Waals surface area contributed by atoms with Crippen molar-refractivity contribution in [3.63, 3.8) is 0 Å². The molecule has 0 radical (unpaired) electrons. The molecular formula is C8H13NO2. The standard InChI is InChI=1S/C8H13NO2/c1-2-11-8(10)7-6(9-7)5-3-4-5/h5-7,9H,2-4H2,1H3/t6-,7+/m0/s1. The minimum absolute atomic E-state index is 0.0300. The second-order valence-corrected chi connectivity index (χ2v) is 3.26. The van der Waals surface area contributed by atoms with Crippen molar-refractivity contribution < 1.29 is 9.53 Å². The second-order valence-electron chi connectivity index (χ2n) is 3.26. The Bertz CT molecular complexity index is 177. The van der Waals surface area contributed by atoms with Gasteiger partial charge in [0.25, 0.3) is 0 Å². The third-order valence-corrected chi connectivity index (χ3v) is 2.29. The van der Waals surface area contributed by atoms with Crippen molar-refractivity contribution in [2.75, 3.05) is 6.61 Å². The largest absolute Gasteiger partial charge is 0.465 e. The van der Waals surface area contributed by atoms with Crippen LogP contribution < -0.4 is 5.32 Å². The van der Waals surface area contributed by atoms with E-state index in [4.69, 9.17) is 4.74 Å². The van der Waals surface area contributed by atoms with E-state index in [1.807, 2.05) is 6.92 Å². The number of hydrogen-bond donors (Lipinski definition) is 1. The van der Waals surface area contributed by atoms with Gasteiger partial charge < -0.3 is 4.74 Å². The third-order valence-electron chi connectivity index (χ3n) is 2.29. The topological polar surface area (TPSA) is 48.2 Å². The second kappa shape index (κ2) is 2.48. The third kappa shape index (κ3) is 1.38. The van der Waals surface area contributed by atoms with E-state index >= 15 is 0 Å². The summed E-state index contributed by atoms with van der Waals surface area (Å²) in [6, 6.07) is 0.483. The molecule has 0 aromatic carbocycles. The molecule has 0 spiro atoms. The summed E-state index contributed by atoms with van der Waals surface area (Å²) in [6.45, 7) is 2.33. The fourth-order valence-corrected chi connectivity index (χ4v) is 1.46. The van der Waals surface area contributed by atoms with Crippen LogP contribution >= 0.6 is 0 Å². The van der Waals surface area contributed by atoms with Gasteiger partial charge in [-0.15, -0.1) is 0 Å². The first-order valence-corrected chi connectivity index (χ1v) is 4.25. The van der Waals surface area contributed by atoms with Gasteiger partial charge in [-0.05, 0) is 25.7 Å². The molecule has 3 nitrogen and oxygen atoms in total. The smallest absolute Gasteiger partial charge is 0.324 e. The Hall–Kier alpha value is -0.570. The number of rotatable bonds is 3. The normalized spacial score (nSPS) is 35.0. The molecule has 0 bridgehead atoms. The van der Waals surface area contributed by atoms with Crippen molar-refractivity contribution in [2.45, 2.75) is 31.8 Å². The Labute approximate surface area is 66.1 Å². The number of carbonyl (C=O) groups excluding carboxylic acids is 1. The van der Waals surface area contributed by atoms with Crippen LogP contribution in [0.2, 0.25) is 0 Å². The monoisotopic (exact) mass is 155 g/mol. The molecule has 0 aromatic heterocycles. The van der Waals surface area contributed by atoms with Gasteiger partial charge in [-0.2, -0.15) is 0 Å². The van der Waals surface area contributed by atoms with Crippen molar-refractivity contribution in [1.29, 1.82) is 0 Å². The first-order valence-electron chi connectivity index (χ1n) is 4.25. The number of hydrogen-bond acceptors (Lipinski definition) is 3. The maximum Gasteiger partial charge on any atom is 0.324 e. The van der Waals surface area contributed by atoms with Gasteiger partial charge in [0.1, 0.15) is 6.04 Å². The summed E-state index contributed by atoms with van der Waals surface area (Å²) in [7, 11) is 0. The van der Waals surface area contributed by atoms with E-state index in [0.717, 1.165) is 5.92 Å². The van der Waals surface area contributed by atoms with Crippen LogP contribution in [-0.2, 0) is 9.53 Å². The molecule has 62 valence electrons. The van der Waals surface area contributed by atoms with E-state index in [2.05, 4.69) is 5.32 Å². The molecule has 2 rings (SSSR count). The van der Waals surface area contributed by atoms with Crippen LogP contribution in [0.5, 0.6) is 0 Å². The minimum atomic E-state index is -0.0654. The maximum atomic E-state index is 11.1. The van der Waals surface area contributed by atoms with Gasteiger partial charge in [0.05, 0.1) is 6.61 Å². The van der Waals surface area contributed by atoms with Crippen molar-refractivity contribution >= 4 is 5.97 Å². The van der Waals surface area contributed by atoms with Gasteiger partial charge in [0.2, 0.25) is 0 Å². The van der Waals surface area contributed by atoms with Crippen LogP contribution in [0.3, 0.4) is 0 Å². The van der Waals surface area contributed by atoms with Crippen LogP contribution in [0.25, 0.3) is 0 Å². The zero-order valence-corrected chi connectivity index (χ0v) is 6.67. The molecule has 1 heterocycles. The average molecular weight is 155 g/mol. The van der Waals surface area contributed by atoms with Crippen LogP contribution in [0.15, 0.2) is 0 Å². The van der Waals surface area contributed by atoms with Gasteiger partial charge in [0.15, 0.2) is 0 Å². The molecular weight excluding hydrogens is 142 g/mol. The molecule has 1 saturated carbocycles. The summed E-state index contributed by atoms with van der Waals surface area (Å²) in [5.74, 6) is 0.703. The highest BCUT2D eigenvalue weighted by molar-refractivity contribution is 5.80. The van der Waals surface area contributed by atoms with E-state index in [1.54, 1.807) is 0 Å². The zero-order chi connectivity index (χ0) is 7.84. The van der Waals surface area contributed by atoms with Gasteiger partial charge in [-0.3, -0.25) is 10.1 Å². The Balaban J connectivity index is 1.76. The first-order chi connectivity index (χ1) is 5.33. The number of nitrogens with one attached hydrogen (secondary N) is 1. The Morgan fingerprint density at radius 1 is 1.64 bits per heavy atom. The van der Waals surface area contributed by atoms with Crippen LogP contribution in [0.1, 0.15) is 19.8 Å². The number of carbonyl (C=O) groups is 1. The molecule has 2 aliphatic rings. The molecule has 2 atom stereocenters. The highest BCUT2D eigenvalue weighted by Gasteiger charge is 2.51. The van der Waals surface area contributed by atoms with Crippen molar-refractivity contribution in [2.24, 2.45) is 5.92 Å². The zero-order valence-electron chi connectivity index (χ0n) is 6.67. The molecule has 0 amide bonds. The summed E-state index contributed by atoms with van der Waals surface area (Å²) >= 11 is 0. The summed E-state index contributed by atoms with van der Waals surface area (Å²) < 4.78 is 4.87. The lowest BCUT2D eigenvalue weighted by Gasteiger charge is -1.96. The van der Waals surface area contributed by atoms with E-state index < -0.39 is 0 Å². The molecule has 3 heteroatoms. The molecule has 11 heavy (non-hydrogen) atoms. The first kappa shape index (κ1) is 7.10. The Morgan fingerprint density at radius 2 is 2.36 bits per heavy atom. The predicted octanol–water partition coefficient (Wildman–Crippen LogP) is 0.300. The molecule has 1 N–H and O–H groups in total. The van der Waals surface area contributed by atoms with Gasteiger partial charge in [0, 0.05) is 6.04 Å². The predicted molar refractivity (Wildman–Crippen MR) is 40.1 cm³/mol. The molecule has 0 aromatic rings. The summed E-state index contributed by atoms with van der Waals surface area (Å²) in [5, 5.41) is 3.14. The van der Waals surface area contributed by atoms with Gasteiger partial charge in [-0.1, -0.05) is 0 Å². The number of ether oxygens (including phenoxy) is 1. The quantitative estimate of drug-likeness (QED) is 0.471. The molecule has 1 saturated heterocycles. The summed E-state index contributed by atoms with van der Waals surface area (Å²) in [6.07, 6.45) is 2.57. The lowest BCUT2D eigenvalue weighted by atomic mass is 10.2. The lowest BCUT2D eigenvalue weighted by molar-refractivity contribution is -0.142. The fraction of sp³-hybridized carbons (Fsp3) is 0.875. The van der Waals surface area contributed by atoms with E-state index in [9.17, 15) is 4.79 Å². The van der Waals surface area contributed by atoms with E-state index in [1.165, 1.54) is 12.8 Å². The van der Waals surface area contributed by atoms with Crippen molar-refractivity contribution in [3.05, 3.63) is 0 Å². The summed E-state index contributed by atoms with van der Waals surface area (Å²) in [5.41, 5.74) is 0. The molecule has 2 fully saturated rings. The highest BCUT2D eigenvalue weighted by Crippen LogP contribution is 2.39. The Kier molecular flexibility index (Phi) is 1.60. The minimum Gasteiger partial charge on any atom is -0.465 e. The fourth-order valence-electron chi connectivity index (χ4n) is 1.46. The summed E-state index contributed by atoms with van der Waals surface area (Å²) in [4.78, 5) is 11.1. The van der Waals surface area contributed by atoms with Crippen molar-refractivity contribution in [3.8, 4) is 0 Å². The average Bonchev–Trinajstić information content (AvgIpc) is 2.83. The van der Waals surface area contributed by atoms with Crippen LogP contribution in [0.4, 0.5) is 0 Å². The Morgan fingerprint density at radius 3 is 2.91 bits per heavy atom. The van der Waals surface area contributed by atoms with E-state index in [0.29, 0.717) is 12.6 Å². The SMILES string of the molecule is CCOC(=O)[C@@H]1N[C@H]1C1CC1. The molecule has 1 aliphatic carbocycles. The maximum absolute atomic E-state index is 11.1. The number of esters is 1. The molecule has 0 unspecified atom stereocenters. The molecule has 1 aliphatic heterocycles. The van der Waals surface area contributed by atoms with Gasteiger partial charge >= 0.3 is 5.97 Å². The lowest BCUT2D eigenvalue weighted by Crippen LogP contribution is -2.15. The van der Waals surface area contributed by atoms with Gasteiger partial charge in [-0.25, -0.2) is 0 Å². The highest BCUT2D eigenvalue weighted by atomic mass is 16.5. The van der Waals surface area contributed by atoms with Crippen LogP contribution in [-0.4, -0.2) is 24.7 Å². The van der Waals surface area contributed by atoms with Crippen molar-refractivity contribution in [1.82, 2.24) is 5.32 Å². The van der Waals surface area contributed by atoms with E-state index in [-0.39, 0.29) is 12.0 Å². The van der Waals surface area contributed by atoms with Crippen LogP contribution in [0, 0.1) is 5.92 Å².